The lowest BCUT2D eigenvalue weighted by molar-refractivity contribution is 0.0725. The van der Waals surface area contributed by atoms with Crippen molar-refractivity contribution in [3.05, 3.63) is 53.3 Å². The number of aromatic nitrogens is 4. The summed E-state index contributed by atoms with van der Waals surface area (Å²) in [5.41, 5.74) is 1.80. The Labute approximate surface area is 145 Å². The molecule has 1 aliphatic rings. The van der Waals surface area contributed by atoms with E-state index in [0.717, 1.165) is 17.8 Å². The van der Waals surface area contributed by atoms with Crippen LogP contribution in [0.25, 0.3) is 16.0 Å². The molecule has 3 aromatic heterocycles. The minimum Gasteiger partial charge on any atom is -0.340 e. The van der Waals surface area contributed by atoms with E-state index in [4.69, 9.17) is 0 Å². The summed E-state index contributed by atoms with van der Waals surface area (Å²) in [6.45, 7) is 0.667. The highest BCUT2D eigenvalue weighted by atomic mass is 32.1. The van der Waals surface area contributed by atoms with Gasteiger partial charge in [0, 0.05) is 24.3 Å². The van der Waals surface area contributed by atoms with Gasteiger partial charge < -0.3 is 9.88 Å². The van der Waals surface area contributed by atoms with E-state index in [1.165, 1.54) is 23.5 Å². The molecule has 1 N–H and O–H groups in total. The van der Waals surface area contributed by atoms with Gasteiger partial charge in [-0.3, -0.25) is 9.20 Å². The summed E-state index contributed by atoms with van der Waals surface area (Å²) in [7, 11) is 0. The predicted molar refractivity (Wildman–Crippen MR) is 92.1 cm³/mol. The average molecular weight is 355 g/mol. The molecule has 1 saturated heterocycles. The van der Waals surface area contributed by atoms with E-state index in [-0.39, 0.29) is 17.8 Å². The van der Waals surface area contributed by atoms with Crippen LogP contribution in [0.1, 0.15) is 35.2 Å². The molecular weight excluding hydrogens is 341 g/mol. The fourth-order valence-electron chi connectivity index (χ4n) is 3.43. The third-order valence-corrected chi connectivity index (χ3v) is 5.37. The average Bonchev–Trinajstić information content (AvgIpc) is 3.34. The maximum absolute atomic E-state index is 13.4. The molecule has 0 radical (unpaired) electrons. The van der Waals surface area contributed by atoms with Crippen molar-refractivity contribution in [2.75, 3.05) is 6.54 Å². The molecule has 0 aliphatic carbocycles. The molecule has 0 bridgehead atoms. The number of aromatic amines is 1. The minimum absolute atomic E-state index is 0.0926. The van der Waals surface area contributed by atoms with E-state index in [1.807, 2.05) is 16.0 Å². The number of halogens is 1. The van der Waals surface area contributed by atoms with E-state index in [9.17, 15) is 9.18 Å². The summed E-state index contributed by atoms with van der Waals surface area (Å²) in [6.07, 6.45) is 5.39. The van der Waals surface area contributed by atoms with Crippen molar-refractivity contribution in [2.24, 2.45) is 0 Å². The van der Waals surface area contributed by atoms with Crippen LogP contribution in [0.3, 0.4) is 0 Å². The molecular formula is C17H14FN5OS. The molecule has 1 amide bonds. The number of thiazole rings is 1. The number of hydrogen-bond donors (Lipinski definition) is 1. The van der Waals surface area contributed by atoms with Gasteiger partial charge in [0.05, 0.1) is 17.1 Å². The quantitative estimate of drug-likeness (QED) is 0.599. The summed E-state index contributed by atoms with van der Waals surface area (Å²) >= 11 is 1.50. The second kappa shape index (κ2) is 5.38. The van der Waals surface area contributed by atoms with Crippen molar-refractivity contribution >= 4 is 33.2 Å². The van der Waals surface area contributed by atoms with E-state index in [2.05, 4.69) is 15.0 Å². The largest absolute Gasteiger partial charge is 0.340 e. The van der Waals surface area contributed by atoms with E-state index < -0.39 is 0 Å². The van der Waals surface area contributed by atoms with Crippen LogP contribution >= 0.6 is 11.3 Å². The highest BCUT2D eigenvalue weighted by Gasteiger charge is 2.33. The van der Waals surface area contributed by atoms with Crippen LogP contribution in [-0.4, -0.2) is 36.7 Å². The van der Waals surface area contributed by atoms with Gasteiger partial charge in [-0.15, -0.1) is 11.3 Å². The molecule has 126 valence electrons. The lowest BCUT2D eigenvalue weighted by atomic mass is 10.2. The Morgan fingerprint density at radius 3 is 3.16 bits per heavy atom. The lowest BCUT2D eigenvalue weighted by Crippen LogP contribution is -2.31. The molecule has 4 heterocycles. The van der Waals surface area contributed by atoms with Crippen LogP contribution in [0.15, 0.2) is 36.0 Å². The fraction of sp³-hybridized carbons (Fsp3) is 0.235. The zero-order chi connectivity index (χ0) is 17.0. The minimum atomic E-state index is -0.305. The number of fused-ring (bicyclic) bond motifs is 2. The number of H-pyrrole nitrogens is 1. The van der Waals surface area contributed by atoms with Gasteiger partial charge in [-0.2, -0.15) is 0 Å². The molecule has 6 nitrogen and oxygen atoms in total. The molecule has 4 aromatic rings. The lowest BCUT2D eigenvalue weighted by Gasteiger charge is -2.22. The van der Waals surface area contributed by atoms with Crippen LogP contribution in [-0.2, 0) is 0 Å². The van der Waals surface area contributed by atoms with Crippen molar-refractivity contribution in [2.45, 2.75) is 18.9 Å². The molecule has 1 atom stereocenters. The first kappa shape index (κ1) is 14.6. The van der Waals surface area contributed by atoms with E-state index in [0.29, 0.717) is 29.1 Å². The molecule has 1 fully saturated rings. The Morgan fingerprint density at radius 1 is 1.36 bits per heavy atom. The van der Waals surface area contributed by atoms with Crippen LogP contribution in [0.5, 0.6) is 0 Å². The monoisotopic (exact) mass is 355 g/mol. The number of carbonyl (C=O) groups excluding carboxylic acids is 1. The first-order chi connectivity index (χ1) is 12.2. The molecule has 25 heavy (non-hydrogen) atoms. The third-order valence-electron chi connectivity index (χ3n) is 4.60. The molecule has 5 rings (SSSR count). The molecule has 8 heteroatoms. The Kier molecular flexibility index (Phi) is 3.14. The van der Waals surface area contributed by atoms with E-state index in [1.54, 1.807) is 17.2 Å². The summed E-state index contributed by atoms with van der Waals surface area (Å²) in [5.74, 6) is 0.303. The van der Waals surface area contributed by atoms with Gasteiger partial charge in [-0.25, -0.2) is 14.4 Å². The first-order valence-electron chi connectivity index (χ1n) is 8.07. The molecule has 1 aromatic carbocycles. The second-order valence-electron chi connectivity index (χ2n) is 6.16. The van der Waals surface area contributed by atoms with Crippen molar-refractivity contribution in [3.63, 3.8) is 0 Å². The van der Waals surface area contributed by atoms with Crippen molar-refractivity contribution in [1.82, 2.24) is 24.3 Å². The van der Waals surface area contributed by atoms with Crippen molar-refractivity contribution < 1.29 is 9.18 Å². The summed E-state index contributed by atoms with van der Waals surface area (Å²) < 4.78 is 15.3. The second-order valence-corrected chi connectivity index (χ2v) is 7.03. The number of amides is 1. The smallest absolute Gasteiger partial charge is 0.274 e. The Hall–Kier alpha value is -2.74. The van der Waals surface area contributed by atoms with Gasteiger partial charge in [-0.1, -0.05) is 0 Å². The Bertz CT molecular complexity index is 1070. The maximum Gasteiger partial charge on any atom is 0.274 e. The van der Waals surface area contributed by atoms with Gasteiger partial charge in [0.25, 0.3) is 5.91 Å². The Morgan fingerprint density at radius 2 is 2.28 bits per heavy atom. The number of likely N-dealkylation sites (tertiary alicyclic amines) is 1. The highest BCUT2D eigenvalue weighted by Crippen LogP contribution is 2.32. The number of nitrogens with zero attached hydrogens (tertiary/aromatic N) is 4. The third kappa shape index (κ3) is 2.32. The molecule has 0 unspecified atom stereocenters. The van der Waals surface area contributed by atoms with Gasteiger partial charge >= 0.3 is 0 Å². The standard InChI is InChI=1S/C17H14FN5OS/c18-10-3-4-11-12(8-10)20-15(19-11)14-2-1-5-23(14)16(24)13-9-22-6-7-25-17(22)21-13/h3-4,6-9,14H,1-2,5H2,(H,19,20)/t14-/m0/s1. The maximum atomic E-state index is 13.4. The summed E-state index contributed by atoms with van der Waals surface area (Å²) in [4.78, 5) is 27.7. The Balaban J connectivity index is 1.49. The predicted octanol–water partition coefficient (Wildman–Crippen LogP) is 3.39. The van der Waals surface area contributed by atoms with Crippen LogP contribution in [0.4, 0.5) is 4.39 Å². The van der Waals surface area contributed by atoms with Crippen LogP contribution in [0, 0.1) is 5.82 Å². The zero-order valence-corrected chi connectivity index (χ0v) is 14.0. The number of hydrogen-bond acceptors (Lipinski definition) is 4. The summed E-state index contributed by atoms with van der Waals surface area (Å²) in [5, 5.41) is 1.93. The molecule has 1 aliphatic heterocycles. The summed E-state index contributed by atoms with van der Waals surface area (Å²) in [6, 6.07) is 4.33. The molecule has 0 saturated carbocycles. The van der Waals surface area contributed by atoms with Gasteiger partial charge in [-0.05, 0) is 31.0 Å². The normalized spacial score (nSPS) is 17.8. The van der Waals surface area contributed by atoms with Crippen LogP contribution < -0.4 is 0 Å². The van der Waals surface area contributed by atoms with E-state index >= 15 is 0 Å². The van der Waals surface area contributed by atoms with Gasteiger partial charge in [0.15, 0.2) is 4.96 Å². The SMILES string of the molecule is O=C(c1cn2ccsc2n1)N1CCC[C@H]1c1nc2ccc(F)cc2[nH]1. The van der Waals surface area contributed by atoms with Crippen LogP contribution in [0.2, 0.25) is 0 Å². The molecule has 0 spiro atoms. The number of rotatable bonds is 2. The highest BCUT2D eigenvalue weighted by molar-refractivity contribution is 7.15. The zero-order valence-electron chi connectivity index (χ0n) is 13.1. The topological polar surface area (TPSA) is 66.3 Å². The number of benzene rings is 1. The first-order valence-corrected chi connectivity index (χ1v) is 8.95. The van der Waals surface area contributed by atoms with Crippen molar-refractivity contribution in [3.8, 4) is 0 Å². The van der Waals surface area contributed by atoms with Crippen molar-refractivity contribution in [1.29, 1.82) is 0 Å². The fourth-order valence-corrected chi connectivity index (χ4v) is 4.13. The number of nitrogens with one attached hydrogen (secondary N) is 1. The number of imidazole rings is 2. The number of carbonyl (C=O) groups is 1. The van der Waals surface area contributed by atoms with Gasteiger partial charge in [0.1, 0.15) is 17.3 Å². The van der Waals surface area contributed by atoms with Gasteiger partial charge in [0.2, 0.25) is 0 Å².